The van der Waals surface area contributed by atoms with Crippen LogP contribution in [0.4, 0.5) is 0 Å². The maximum atomic E-state index is 12.8. The molecule has 0 radical (unpaired) electrons. The van der Waals surface area contributed by atoms with Gasteiger partial charge in [0.2, 0.25) is 0 Å². The molecule has 1 aliphatic rings. The van der Waals surface area contributed by atoms with Gasteiger partial charge in [0.15, 0.2) is 0 Å². The van der Waals surface area contributed by atoms with Crippen LogP contribution >= 0.6 is 0 Å². The van der Waals surface area contributed by atoms with Gasteiger partial charge in [-0.05, 0) is 68.0 Å². The molecule has 26 heavy (non-hydrogen) atoms. The second-order valence-electron chi connectivity index (χ2n) is 7.30. The molecule has 1 aliphatic carbocycles. The van der Waals surface area contributed by atoms with Gasteiger partial charge in [0, 0.05) is 29.3 Å². The Bertz CT molecular complexity index is 913. The number of hydrogen-bond donors (Lipinski definition) is 3. The summed E-state index contributed by atoms with van der Waals surface area (Å²) in [7, 11) is 0. The number of rotatable bonds is 5. The van der Waals surface area contributed by atoms with Gasteiger partial charge in [-0.2, -0.15) is 0 Å². The summed E-state index contributed by atoms with van der Waals surface area (Å²) in [6.45, 7) is 2.04. The van der Waals surface area contributed by atoms with Crippen LogP contribution in [0, 0.1) is 12.8 Å². The van der Waals surface area contributed by atoms with Crippen molar-refractivity contribution < 1.29 is 9.90 Å². The minimum absolute atomic E-state index is 0.00134. The number of aromatic nitrogens is 2. The fourth-order valence-corrected chi connectivity index (χ4v) is 3.69. The van der Waals surface area contributed by atoms with Gasteiger partial charge in [0.1, 0.15) is 5.69 Å². The molecule has 3 N–H and O–H groups in total. The predicted octanol–water partition coefficient (Wildman–Crippen LogP) is 2.98. The molecule has 1 amide bonds. The molecular formula is C21H23N3O2. The third-order valence-electron chi connectivity index (χ3n) is 5.26. The topological polar surface area (TPSA) is 78.0 Å². The molecule has 4 rings (SSSR count). The number of carbonyl (C=O) groups is 1. The Labute approximate surface area is 152 Å². The van der Waals surface area contributed by atoms with E-state index in [-0.39, 0.29) is 18.1 Å². The molecule has 5 heteroatoms. The highest BCUT2D eigenvalue weighted by molar-refractivity contribution is 5.98. The van der Waals surface area contributed by atoms with E-state index in [9.17, 15) is 9.90 Å². The lowest BCUT2D eigenvalue weighted by Gasteiger charge is -2.38. The van der Waals surface area contributed by atoms with Crippen molar-refractivity contribution >= 4 is 16.8 Å². The van der Waals surface area contributed by atoms with Crippen molar-refractivity contribution in [2.45, 2.75) is 38.3 Å². The standard InChI is InChI=1S/C21H23N3O2/c1-13-2-3-18-15(8-13)12-20(23-18)21(26)24-19(16-10-17(25)11-16)9-14-4-6-22-7-5-14/h2-8,12,16-17,19,23,25H,9-11H2,1H3,(H,24,26)/t16?,17?,19-/m0/s1. The molecule has 0 spiro atoms. The third kappa shape index (κ3) is 3.48. The summed E-state index contributed by atoms with van der Waals surface area (Å²) in [6.07, 6.45) is 5.51. The highest BCUT2D eigenvalue weighted by Gasteiger charge is 2.35. The highest BCUT2D eigenvalue weighted by atomic mass is 16.3. The molecule has 1 saturated carbocycles. The first-order chi connectivity index (χ1) is 12.6. The first-order valence-electron chi connectivity index (χ1n) is 9.05. The van der Waals surface area contributed by atoms with Crippen molar-refractivity contribution in [1.82, 2.24) is 15.3 Å². The zero-order chi connectivity index (χ0) is 18.1. The van der Waals surface area contributed by atoms with E-state index in [4.69, 9.17) is 0 Å². The van der Waals surface area contributed by atoms with Crippen molar-refractivity contribution in [2.75, 3.05) is 0 Å². The SMILES string of the molecule is Cc1ccc2[nH]c(C(=O)N[C@@H](Cc3ccncc3)C3CC(O)C3)cc2c1. The van der Waals surface area contributed by atoms with Gasteiger partial charge in [-0.15, -0.1) is 0 Å². The Balaban J connectivity index is 1.52. The van der Waals surface area contributed by atoms with E-state index in [1.807, 2.05) is 37.3 Å². The Morgan fingerprint density at radius 3 is 2.77 bits per heavy atom. The summed E-state index contributed by atoms with van der Waals surface area (Å²) >= 11 is 0. The molecule has 1 aromatic carbocycles. The summed E-state index contributed by atoms with van der Waals surface area (Å²) in [4.78, 5) is 20.1. The van der Waals surface area contributed by atoms with Gasteiger partial charge in [-0.3, -0.25) is 9.78 Å². The van der Waals surface area contributed by atoms with Crippen LogP contribution in [-0.4, -0.2) is 33.1 Å². The van der Waals surface area contributed by atoms with Gasteiger partial charge in [0.25, 0.3) is 5.91 Å². The van der Waals surface area contributed by atoms with E-state index in [0.717, 1.165) is 35.7 Å². The second-order valence-corrected chi connectivity index (χ2v) is 7.30. The van der Waals surface area contributed by atoms with Crippen molar-refractivity contribution in [3.63, 3.8) is 0 Å². The lowest BCUT2D eigenvalue weighted by molar-refractivity contribution is 0.0239. The molecule has 1 atom stereocenters. The molecule has 2 heterocycles. The first-order valence-corrected chi connectivity index (χ1v) is 9.05. The number of carbonyl (C=O) groups excluding carboxylic acids is 1. The maximum absolute atomic E-state index is 12.8. The average Bonchev–Trinajstić information content (AvgIpc) is 3.02. The number of aromatic amines is 1. The van der Waals surface area contributed by atoms with Crippen LogP contribution in [0.1, 0.15) is 34.5 Å². The van der Waals surface area contributed by atoms with Gasteiger partial charge < -0.3 is 15.4 Å². The number of aliphatic hydroxyl groups is 1. The number of fused-ring (bicyclic) bond motifs is 1. The largest absolute Gasteiger partial charge is 0.393 e. The third-order valence-corrected chi connectivity index (χ3v) is 5.26. The van der Waals surface area contributed by atoms with E-state index in [2.05, 4.69) is 21.4 Å². The van der Waals surface area contributed by atoms with Crippen molar-refractivity contribution in [1.29, 1.82) is 0 Å². The van der Waals surface area contributed by atoms with Crippen LogP contribution in [-0.2, 0) is 6.42 Å². The summed E-state index contributed by atoms with van der Waals surface area (Å²) in [5.41, 5.74) is 3.84. The van der Waals surface area contributed by atoms with Crippen molar-refractivity contribution in [3.8, 4) is 0 Å². The molecule has 0 saturated heterocycles. The normalized spacial score (nSPS) is 20.5. The van der Waals surface area contributed by atoms with Crippen LogP contribution in [0.3, 0.4) is 0 Å². The first kappa shape index (κ1) is 16.8. The summed E-state index contributed by atoms with van der Waals surface area (Å²) in [5, 5.41) is 13.9. The molecule has 0 bridgehead atoms. The highest BCUT2D eigenvalue weighted by Crippen LogP contribution is 2.32. The lowest BCUT2D eigenvalue weighted by atomic mass is 9.75. The maximum Gasteiger partial charge on any atom is 0.267 e. The van der Waals surface area contributed by atoms with Crippen molar-refractivity contribution in [3.05, 3.63) is 65.6 Å². The molecule has 5 nitrogen and oxygen atoms in total. The predicted molar refractivity (Wildman–Crippen MR) is 101 cm³/mol. The van der Waals surface area contributed by atoms with Crippen LogP contribution in [0.25, 0.3) is 10.9 Å². The Morgan fingerprint density at radius 2 is 2.04 bits per heavy atom. The minimum atomic E-state index is -0.243. The van der Waals surface area contributed by atoms with Gasteiger partial charge in [-0.25, -0.2) is 0 Å². The van der Waals surface area contributed by atoms with Crippen LogP contribution in [0.15, 0.2) is 48.8 Å². The molecule has 134 valence electrons. The number of H-pyrrole nitrogens is 1. The number of amides is 1. The Morgan fingerprint density at radius 1 is 1.27 bits per heavy atom. The molecule has 2 aromatic heterocycles. The average molecular weight is 349 g/mol. The van der Waals surface area contributed by atoms with Crippen LogP contribution in [0.5, 0.6) is 0 Å². The molecule has 3 aromatic rings. The smallest absolute Gasteiger partial charge is 0.267 e. The fourth-order valence-electron chi connectivity index (χ4n) is 3.69. The van der Waals surface area contributed by atoms with Gasteiger partial charge in [-0.1, -0.05) is 11.6 Å². The van der Waals surface area contributed by atoms with E-state index >= 15 is 0 Å². The van der Waals surface area contributed by atoms with Crippen LogP contribution in [0.2, 0.25) is 0 Å². The Kier molecular flexibility index (Phi) is 4.47. The summed E-state index contributed by atoms with van der Waals surface area (Å²) in [5.74, 6) is 0.202. The number of aliphatic hydroxyl groups excluding tert-OH is 1. The van der Waals surface area contributed by atoms with Gasteiger partial charge in [0.05, 0.1) is 6.10 Å². The van der Waals surface area contributed by atoms with Gasteiger partial charge >= 0.3 is 0 Å². The van der Waals surface area contributed by atoms with E-state index in [1.54, 1.807) is 12.4 Å². The quantitative estimate of drug-likeness (QED) is 0.663. The number of hydrogen-bond acceptors (Lipinski definition) is 3. The van der Waals surface area contributed by atoms with Crippen LogP contribution < -0.4 is 5.32 Å². The number of benzene rings is 1. The number of aryl methyl sites for hydroxylation is 1. The second kappa shape index (κ2) is 6.92. The Hall–Kier alpha value is -2.66. The van der Waals surface area contributed by atoms with E-state index in [0.29, 0.717) is 11.6 Å². The molecular weight excluding hydrogens is 326 g/mol. The molecule has 0 aliphatic heterocycles. The molecule has 1 fully saturated rings. The van der Waals surface area contributed by atoms with Crippen molar-refractivity contribution in [2.24, 2.45) is 5.92 Å². The molecule has 0 unspecified atom stereocenters. The van der Waals surface area contributed by atoms with E-state index < -0.39 is 0 Å². The number of nitrogens with zero attached hydrogens (tertiary/aromatic N) is 1. The lowest BCUT2D eigenvalue weighted by Crippen LogP contribution is -2.48. The minimum Gasteiger partial charge on any atom is -0.393 e. The summed E-state index contributed by atoms with van der Waals surface area (Å²) in [6, 6.07) is 11.9. The fraction of sp³-hybridized carbons (Fsp3) is 0.333. The van der Waals surface area contributed by atoms with E-state index in [1.165, 1.54) is 5.56 Å². The monoisotopic (exact) mass is 349 g/mol. The summed E-state index contributed by atoms with van der Waals surface area (Å²) < 4.78 is 0. The number of pyridine rings is 1. The zero-order valence-electron chi connectivity index (χ0n) is 14.8. The zero-order valence-corrected chi connectivity index (χ0v) is 14.8. The number of nitrogens with one attached hydrogen (secondary N) is 2.